The van der Waals surface area contributed by atoms with E-state index in [9.17, 15) is 9.18 Å². The summed E-state index contributed by atoms with van der Waals surface area (Å²) in [5.41, 5.74) is 0.298. The van der Waals surface area contributed by atoms with E-state index in [1.54, 1.807) is 6.07 Å². The Labute approximate surface area is 115 Å². The summed E-state index contributed by atoms with van der Waals surface area (Å²) in [6.07, 6.45) is 1.30. The van der Waals surface area contributed by atoms with Crippen molar-refractivity contribution in [1.29, 1.82) is 0 Å². The summed E-state index contributed by atoms with van der Waals surface area (Å²) in [6, 6.07) is 4.68. The zero-order chi connectivity index (χ0) is 14.6. The molecule has 1 rings (SSSR count). The first-order valence-electron chi connectivity index (χ1n) is 6.60. The molecule has 0 spiro atoms. The van der Waals surface area contributed by atoms with E-state index in [4.69, 9.17) is 4.74 Å². The Bertz CT molecular complexity index is 447. The molecule has 106 valence electrons. The number of carbonyl (C=O) groups is 1. The number of hydrogen-bond acceptors (Lipinski definition) is 2. The molecule has 0 saturated heterocycles. The molecule has 0 heterocycles. The normalized spacial score (nSPS) is 13.2. The molecule has 2 nitrogen and oxygen atoms in total. The first kappa shape index (κ1) is 15.7. The summed E-state index contributed by atoms with van der Waals surface area (Å²) >= 11 is 0. The number of halogens is 1. The molecule has 3 heteroatoms. The first-order chi connectivity index (χ1) is 8.74. The maximum Gasteiger partial charge on any atom is 0.175 e. The maximum atomic E-state index is 14.0. The zero-order valence-corrected chi connectivity index (χ0v) is 12.4. The van der Waals surface area contributed by atoms with Gasteiger partial charge in [0.15, 0.2) is 17.3 Å². The molecular weight excluding hydrogens is 243 g/mol. The molecule has 1 aromatic rings. The van der Waals surface area contributed by atoms with Crippen LogP contribution in [0.15, 0.2) is 18.2 Å². The van der Waals surface area contributed by atoms with E-state index < -0.39 is 5.82 Å². The lowest BCUT2D eigenvalue weighted by molar-refractivity contribution is 0.0949. The smallest absolute Gasteiger partial charge is 0.175 e. The SMILES string of the molecule is COc1cccc(C(=O)CC(C)CC(C)(C)C)c1F. The van der Waals surface area contributed by atoms with Gasteiger partial charge < -0.3 is 4.74 Å². The largest absolute Gasteiger partial charge is 0.494 e. The van der Waals surface area contributed by atoms with Crippen LogP contribution in [-0.2, 0) is 0 Å². The Balaban J connectivity index is 2.79. The Kier molecular flexibility index (Phi) is 5.10. The summed E-state index contributed by atoms with van der Waals surface area (Å²) in [6.45, 7) is 8.45. The lowest BCUT2D eigenvalue weighted by atomic mass is 9.83. The minimum absolute atomic E-state index is 0.120. The predicted octanol–water partition coefficient (Wildman–Crippen LogP) is 4.48. The van der Waals surface area contributed by atoms with E-state index in [0.29, 0.717) is 6.42 Å². The number of hydrogen-bond donors (Lipinski definition) is 0. The summed E-state index contributed by atoms with van der Waals surface area (Å²) < 4.78 is 18.9. The van der Waals surface area contributed by atoms with Gasteiger partial charge in [0.1, 0.15) is 0 Å². The van der Waals surface area contributed by atoms with Crippen molar-refractivity contribution in [2.24, 2.45) is 11.3 Å². The van der Waals surface area contributed by atoms with Gasteiger partial charge >= 0.3 is 0 Å². The molecule has 0 aliphatic carbocycles. The van der Waals surface area contributed by atoms with Crippen LogP contribution in [-0.4, -0.2) is 12.9 Å². The predicted molar refractivity (Wildman–Crippen MR) is 75.1 cm³/mol. The third-order valence-corrected chi connectivity index (χ3v) is 2.98. The van der Waals surface area contributed by atoms with Crippen LogP contribution in [0.4, 0.5) is 4.39 Å². The number of rotatable bonds is 5. The van der Waals surface area contributed by atoms with Gasteiger partial charge in [-0.15, -0.1) is 0 Å². The molecule has 0 aliphatic rings. The third kappa shape index (κ3) is 4.66. The van der Waals surface area contributed by atoms with Crippen LogP contribution in [0.3, 0.4) is 0 Å². The minimum atomic E-state index is -0.557. The van der Waals surface area contributed by atoms with E-state index in [1.165, 1.54) is 19.2 Å². The van der Waals surface area contributed by atoms with Gasteiger partial charge in [0, 0.05) is 6.42 Å². The van der Waals surface area contributed by atoms with Crippen molar-refractivity contribution in [2.45, 2.75) is 40.5 Å². The molecule has 0 N–H and O–H groups in total. The van der Waals surface area contributed by atoms with E-state index >= 15 is 0 Å². The highest BCUT2D eigenvalue weighted by molar-refractivity contribution is 5.96. The van der Waals surface area contributed by atoms with Crippen molar-refractivity contribution in [1.82, 2.24) is 0 Å². The van der Waals surface area contributed by atoms with E-state index in [0.717, 1.165) is 6.42 Å². The number of ketones is 1. The van der Waals surface area contributed by atoms with Crippen molar-refractivity contribution in [3.8, 4) is 5.75 Å². The second kappa shape index (κ2) is 6.18. The fourth-order valence-electron chi connectivity index (χ4n) is 2.43. The van der Waals surface area contributed by atoms with Gasteiger partial charge in [-0.05, 0) is 29.9 Å². The van der Waals surface area contributed by atoms with E-state index in [2.05, 4.69) is 20.8 Å². The van der Waals surface area contributed by atoms with Crippen molar-refractivity contribution in [2.75, 3.05) is 7.11 Å². The average Bonchev–Trinajstić information content (AvgIpc) is 2.26. The van der Waals surface area contributed by atoms with Gasteiger partial charge in [0.05, 0.1) is 12.7 Å². The van der Waals surface area contributed by atoms with Gasteiger partial charge in [-0.25, -0.2) is 4.39 Å². The van der Waals surface area contributed by atoms with Gasteiger partial charge in [-0.3, -0.25) is 4.79 Å². The van der Waals surface area contributed by atoms with Crippen molar-refractivity contribution in [3.05, 3.63) is 29.6 Å². The monoisotopic (exact) mass is 266 g/mol. The van der Waals surface area contributed by atoms with Crippen LogP contribution in [0.5, 0.6) is 5.75 Å². The molecule has 0 radical (unpaired) electrons. The molecule has 1 aromatic carbocycles. The molecule has 1 unspecified atom stereocenters. The van der Waals surface area contributed by atoms with Crippen LogP contribution < -0.4 is 4.74 Å². The highest BCUT2D eigenvalue weighted by Crippen LogP contribution is 2.28. The molecule has 0 saturated carbocycles. The highest BCUT2D eigenvalue weighted by Gasteiger charge is 2.21. The fraction of sp³-hybridized carbons (Fsp3) is 0.562. The number of ether oxygens (including phenoxy) is 1. The number of Topliss-reactive ketones (excluding diaryl/α,β-unsaturated/α-hetero) is 1. The Morgan fingerprint density at radius 3 is 2.53 bits per heavy atom. The van der Waals surface area contributed by atoms with E-state index in [-0.39, 0.29) is 28.4 Å². The lowest BCUT2D eigenvalue weighted by Crippen LogP contribution is -2.15. The number of carbonyl (C=O) groups excluding carboxylic acids is 1. The van der Waals surface area contributed by atoms with Crippen LogP contribution in [0.1, 0.15) is 50.9 Å². The van der Waals surface area contributed by atoms with Crippen molar-refractivity contribution < 1.29 is 13.9 Å². The Hall–Kier alpha value is -1.38. The van der Waals surface area contributed by atoms with Gasteiger partial charge in [-0.2, -0.15) is 0 Å². The quantitative estimate of drug-likeness (QED) is 0.734. The Morgan fingerprint density at radius 2 is 2.00 bits per heavy atom. The summed E-state index contributed by atoms with van der Waals surface area (Å²) in [5, 5.41) is 0. The third-order valence-electron chi connectivity index (χ3n) is 2.98. The number of benzene rings is 1. The van der Waals surface area contributed by atoms with Gasteiger partial charge in [0.2, 0.25) is 0 Å². The van der Waals surface area contributed by atoms with Crippen molar-refractivity contribution in [3.63, 3.8) is 0 Å². The first-order valence-corrected chi connectivity index (χ1v) is 6.60. The van der Waals surface area contributed by atoms with Crippen LogP contribution in [0.2, 0.25) is 0 Å². The molecule has 0 bridgehead atoms. The summed E-state index contributed by atoms with van der Waals surface area (Å²) in [4.78, 5) is 12.1. The molecule has 0 fully saturated rings. The Morgan fingerprint density at radius 1 is 1.37 bits per heavy atom. The standard InChI is InChI=1S/C16H23FO2/c1-11(10-16(2,3)4)9-13(18)12-7-6-8-14(19-5)15(12)17/h6-8,11H,9-10H2,1-5H3. The zero-order valence-electron chi connectivity index (χ0n) is 12.4. The second-order valence-corrected chi connectivity index (χ2v) is 6.32. The maximum absolute atomic E-state index is 14.0. The average molecular weight is 266 g/mol. The van der Waals surface area contributed by atoms with Crippen LogP contribution in [0, 0.1) is 17.2 Å². The summed E-state index contributed by atoms with van der Waals surface area (Å²) in [7, 11) is 1.40. The molecular formula is C16H23FO2. The van der Waals surface area contributed by atoms with Crippen LogP contribution >= 0.6 is 0 Å². The molecule has 0 amide bonds. The molecule has 1 atom stereocenters. The topological polar surface area (TPSA) is 26.3 Å². The number of methoxy groups -OCH3 is 1. The van der Waals surface area contributed by atoms with E-state index in [1.807, 2.05) is 6.92 Å². The fourth-order valence-corrected chi connectivity index (χ4v) is 2.43. The second-order valence-electron chi connectivity index (χ2n) is 6.32. The van der Waals surface area contributed by atoms with Crippen LogP contribution in [0.25, 0.3) is 0 Å². The molecule has 19 heavy (non-hydrogen) atoms. The highest BCUT2D eigenvalue weighted by atomic mass is 19.1. The molecule has 0 aromatic heterocycles. The lowest BCUT2D eigenvalue weighted by Gasteiger charge is -2.22. The van der Waals surface area contributed by atoms with Crippen molar-refractivity contribution >= 4 is 5.78 Å². The molecule has 0 aliphatic heterocycles. The van der Waals surface area contributed by atoms with Gasteiger partial charge in [0.25, 0.3) is 0 Å². The van der Waals surface area contributed by atoms with Gasteiger partial charge in [-0.1, -0.05) is 33.8 Å². The minimum Gasteiger partial charge on any atom is -0.494 e. The summed E-state index contributed by atoms with van der Waals surface area (Å²) in [5.74, 6) is -0.362.